The van der Waals surface area contributed by atoms with Gasteiger partial charge in [0.25, 0.3) is 0 Å². The molecule has 0 atom stereocenters. The first-order valence-corrected chi connectivity index (χ1v) is 10.4. The molecule has 0 saturated carbocycles. The monoisotopic (exact) mass is 484 g/mol. The molecule has 3 aromatic rings. The van der Waals surface area contributed by atoms with Gasteiger partial charge in [0.1, 0.15) is 6.61 Å². The van der Waals surface area contributed by atoms with Gasteiger partial charge in [-0.15, -0.1) is 0 Å². The minimum absolute atomic E-state index is 0.454. The summed E-state index contributed by atoms with van der Waals surface area (Å²) in [6.45, 7) is 1.00. The molecule has 0 aromatic heterocycles. The number of hydrogen-bond acceptors (Lipinski definition) is 6. The highest BCUT2D eigenvalue weighted by molar-refractivity contribution is 9.10. The lowest BCUT2D eigenvalue weighted by Gasteiger charge is -2.13. The molecular weight excluding hydrogens is 460 g/mol. The molecule has 0 aliphatic rings. The molecule has 0 bridgehead atoms. The normalized spacial score (nSPS) is 10.7. The summed E-state index contributed by atoms with van der Waals surface area (Å²) >= 11 is 3.57. The van der Waals surface area contributed by atoms with E-state index in [0.29, 0.717) is 36.1 Å². The maximum atomic E-state index is 5.97. The van der Waals surface area contributed by atoms with E-state index in [2.05, 4.69) is 26.5 Å². The van der Waals surface area contributed by atoms with Gasteiger partial charge in [-0.25, -0.2) is 0 Å². The molecule has 0 unspecified atom stereocenters. The van der Waals surface area contributed by atoms with Gasteiger partial charge in [-0.3, -0.25) is 0 Å². The van der Waals surface area contributed by atoms with E-state index in [1.165, 1.54) is 0 Å². The van der Waals surface area contributed by atoms with Crippen LogP contribution in [-0.2, 0) is 13.2 Å². The molecule has 0 saturated heterocycles. The Bertz CT molecular complexity index is 1030. The number of nitrogens with one attached hydrogen (secondary N) is 1. The van der Waals surface area contributed by atoms with Crippen LogP contribution in [0.3, 0.4) is 0 Å². The molecule has 0 spiro atoms. The second kappa shape index (κ2) is 11.3. The van der Waals surface area contributed by atoms with Gasteiger partial charge in [0.15, 0.2) is 23.0 Å². The Hall–Kier alpha value is -3.19. The van der Waals surface area contributed by atoms with Crippen molar-refractivity contribution in [3.05, 3.63) is 81.8 Å². The zero-order chi connectivity index (χ0) is 22.1. The summed E-state index contributed by atoms with van der Waals surface area (Å²) < 4.78 is 22.9. The summed E-state index contributed by atoms with van der Waals surface area (Å²) in [5.74, 6) is 2.67. The molecule has 3 aromatic carbocycles. The first kappa shape index (κ1) is 22.5. The number of hydrogen-bond donors (Lipinski definition) is 1. The van der Waals surface area contributed by atoms with Crippen molar-refractivity contribution in [1.82, 2.24) is 5.43 Å². The van der Waals surface area contributed by atoms with Crippen molar-refractivity contribution in [2.75, 3.05) is 21.3 Å². The minimum Gasteiger partial charge on any atom is -0.493 e. The van der Waals surface area contributed by atoms with Crippen LogP contribution in [-0.4, -0.2) is 27.5 Å². The van der Waals surface area contributed by atoms with Crippen LogP contribution in [0.5, 0.6) is 23.0 Å². The van der Waals surface area contributed by atoms with Crippen LogP contribution in [0.1, 0.15) is 16.7 Å². The van der Waals surface area contributed by atoms with Gasteiger partial charge in [-0.2, -0.15) is 5.10 Å². The predicted octanol–water partition coefficient (Wildman–Crippen LogP) is 5.18. The molecule has 0 amide bonds. The van der Waals surface area contributed by atoms with E-state index in [0.717, 1.165) is 21.2 Å². The predicted molar refractivity (Wildman–Crippen MR) is 125 cm³/mol. The van der Waals surface area contributed by atoms with E-state index in [4.69, 9.17) is 18.9 Å². The van der Waals surface area contributed by atoms with Crippen molar-refractivity contribution in [3.8, 4) is 23.0 Å². The Labute approximate surface area is 190 Å². The fourth-order valence-corrected chi connectivity index (χ4v) is 3.51. The quantitative estimate of drug-likeness (QED) is 0.317. The minimum atomic E-state index is 0.454. The Morgan fingerprint density at radius 3 is 2.29 bits per heavy atom. The number of methoxy groups -OCH3 is 3. The highest BCUT2D eigenvalue weighted by atomic mass is 79.9. The number of halogens is 1. The maximum absolute atomic E-state index is 5.97. The zero-order valence-corrected chi connectivity index (χ0v) is 19.3. The second-order valence-corrected chi connectivity index (χ2v) is 7.45. The molecule has 7 heteroatoms. The fraction of sp³-hybridized carbons (Fsp3) is 0.208. The van der Waals surface area contributed by atoms with Gasteiger partial charge in [-0.1, -0.05) is 36.4 Å². The smallest absolute Gasteiger partial charge is 0.175 e. The van der Waals surface area contributed by atoms with Crippen molar-refractivity contribution in [2.24, 2.45) is 5.10 Å². The molecule has 0 fully saturated rings. The number of hydrazone groups is 1. The largest absolute Gasteiger partial charge is 0.493 e. The molecule has 0 heterocycles. The lowest BCUT2D eigenvalue weighted by Crippen LogP contribution is -2.06. The van der Waals surface area contributed by atoms with Crippen LogP contribution in [0.15, 0.2) is 70.2 Å². The van der Waals surface area contributed by atoms with Gasteiger partial charge in [0.05, 0.1) is 38.6 Å². The molecule has 0 radical (unpaired) electrons. The van der Waals surface area contributed by atoms with Crippen LogP contribution >= 0.6 is 15.9 Å². The number of nitrogens with zero attached hydrogens (tertiary/aromatic N) is 1. The third-order valence-electron chi connectivity index (χ3n) is 4.51. The summed E-state index contributed by atoms with van der Waals surface area (Å²) in [7, 11) is 4.85. The van der Waals surface area contributed by atoms with Crippen LogP contribution in [0.2, 0.25) is 0 Å². The Morgan fingerprint density at radius 1 is 0.839 bits per heavy atom. The average molecular weight is 485 g/mol. The number of ether oxygens (including phenoxy) is 4. The van der Waals surface area contributed by atoms with Crippen molar-refractivity contribution >= 4 is 22.1 Å². The van der Waals surface area contributed by atoms with Crippen LogP contribution in [0.4, 0.5) is 0 Å². The van der Waals surface area contributed by atoms with Gasteiger partial charge in [0.2, 0.25) is 0 Å². The standard InChI is InChI=1S/C24H25BrN2O4/c1-28-21-10-9-18(12-22(21)29-2)14-26-27-15-19-11-20(25)24(23(13-19)30-3)31-16-17-7-5-4-6-8-17/h4-13,15,26H,14,16H2,1-3H3/b27-15+. The molecule has 0 aliphatic carbocycles. The lowest BCUT2D eigenvalue weighted by atomic mass is 10.2. The molecule has 3 rings (SSSR count). The summed E-state index contributed by atoms with van der Waals surface area (Å²) in [5, 5.41) is 4.31. The van der Waals surface area contributed by atoms with Gasteiger partial charge in [0, 0.05) is 0 Å². The van der Waals surface area contributed by atoms with E-state index in [1.54, 1.807) is 27.5 Å². The summed E-state index contributed by atoms with van der Waals surface area (Å²) in [4.78, 5) is 0. The molecule has 31 heavy (non-hydrogen) atoms. The zero-order valence-electron chi connectivity index (χ0n) is 17.7. The van der Waals surface area contributed by atoms with E-state index in [9.17, 15) is 0 Å². The fourth-order valence-electron chi connectivity index (χ4n) is 2.93. The molecule has 0 aliphatic heterocycles. The maximum Gasteiger partial charge on any atom is 0.175 e. The van der Waals surface area contributed by atoms with Crippen molar-refractivity contribution in [1.29, 1.82) is 0 Å². The summed E-state index contributed by atoms with van der Waals surface area (Å²) in [5.41, 5.74) is 6.02. The Morgan fingerprint density at radius 2 is 1.58 bits per heavy atom. The van der Waals surface area contributed by atoms with E-state index in [-0.39, 0.29) is 0 Å². The SMILES string of the molecule is COc1ccc(CN/N=C/c2cc(Br)c(OCc3ccccc3)c(OC)c2)cc1OC. The van der Waals surface area contributed by atoms with Crippen LogP contribution < -0.4 is 24.4 Å². The van der Waals surface area contributed by atoms with Crippen molar-refractivity contribution in [3.63, 3.8) is 0 Å². The molecule has 6 nitrogen and oxygen atoms in total. The Kier molecular flexibility index (Phi) is 8.18. The van der Waals surface area contributed by atoms with Crippen molar-refractivity contribution in [2.45, 2.75) is 13.2 Å². The van der Waals surface area contributed by atoms with Crippen LogP contribution in [0, 0.1) is 0 Å². The first-order chi connectivity index (χ1) is 15.1. The molecule has 162 valence electrons. The highest BCUT2D eigenvalue weighted by Gasteiger charge is 2.11. The average Bonchev–Trinajstić information content (AvgIpc) is 2.81. The van der Waals surface area contributed by atoms with E-state index < -0.39 is 0 Å². The van der Waals surface area contributed by atoms with Crippen molar-refractivity contribution < 1.29 is 18.9 Å². The second-order valence-electron chi connectivity index (χ2n) is 6.59. The van der Waals surface area contributed by atoms with Crippen LogP contribution in [0.25, 0.3) is 0 Å². The van der Waals surface area contributed by atoms with Gasteiger partial charge < -0.3 is 24.4 Å². The summed E-state index contributed by atoms with van der Waals surface area (Å²) in [6, 6.07) is 19.6. The number of rotatable bonds is 10. The third-order valence-corrected chi connectivity index (χ3v) is 5.10. The number of benzene rings is 3. The third kappa shape index (κ3) is 6.15. The van der Waals surface area contributed by atoms with E-state index >= 15 is 0 Å². The highest BCUT2D eigenvalue weighted by Crippen LogP contribution is 2.36. The topological polar surface area (TPSA) is 61.3 Å². The Balaban J connectivity index is 1.63. The lowest BCUT2D eigenvalue weighted by molar-refractivity contribution is 0.282. The van der Waals surface area contributed by atoms with Gasteiger partial charge >= 0.3 is 0 Å². The summed E-state index contributed by atoms with van der Waals surface area (Å²) in [6.07, 6.45) is 1.73. The van der Waals surface area contributed by atoms with Gasteiger partial charge in [-0.05, 0) is 56.9 Å². The molecular formula is C24H25BrN2O4. The first-order valence-electron chi connectivity index (χ1n) is 9.65. The molecule has 1 N–H and O–H groups in total. The van der Waals surface area contributed by atoms with E-state index in [1.807, 2.05) is 60.7 Å².